The van der Waals surface area contributed by atoms with E-state index < -0.39 is 0 Å². The normalized spacial score (nSPS) is 9.47. The summed E-state index contributed by atoms with van der Waals surface area (Å²) in [6, 6.07) is 15.5. The van der Waals surface area contributed by atoms with Gasteiger partial charge in [0.25, 0.3) is 0 Å². The SMILES string of the molecule is COc1ccc(-c2ccccc2C=C=O)cc1. The number of carbonyl (C=O) groups excluding carboxylic acids is 1. The Morgan fingerprint density at radius 1 is 1.06 bits per heavy atom. The van der Waals surface area contributed by atoms with E-state index in [1.807, 2.05) is 54.5 Å². The summed E-state index contributed by atoms with van der Waals surface area (Å²) in [5.74, 6) is 2.63. The molecule has 2 heteroatoms. The van der Waals surface area contributed by atoms with Crippen molar-refractivity contribution >= 4 is 12.0 Å². The fourth-order valence-electron chi connectivity index (χ4n) is 1.72. The first-order valence-corrected chi connectivity index (χ1v) is 5.29. The maximum Gasteiger partial charge on any atom is 0.125 e. The van der Waals surface area contributed by atoms with Crippen molar-refractivity contribution in [2.45, 2.75) is 0 Å². The molecule has 0 fully saturated rings. The van der Waals surface area contributed by atoms with Gasteiger partial charge in [-0.25, -0.2) is 4.79 Å². The first-order chi connectivity index (χ1) is 8.35. The lowest BCUT2D eigenvalue weighted by Crippen LogP contribution is -1.85. The Labute approximate surface area is 100 Å². The molecule has 2 aromatic rings. The van der Waals surface area contributed by atoms with E-state index in [4.69, 9.17) is 4.74 Å². The first-order valence-electron chi connectivity index (χ1n) is 5.29. The van der Waals surface area contributed by atoms with Crippen molar-refractivity contribution in [2.24, 2.45) is 0 Å². The molecule has 0 saturated heterocycles. The Morgan fingerprint density at radius 3 is 2.41 bits per heavy atom. The standard InChI is InChI=1S/C15H12O2/c1-17-14-8-6-13(7-9-14)15-5-3-2-4-12(15)10-11-16/h2-10H,1H3. The molecule has 0 atom stereocenters. The van der Waals surface area contributed by atoms with Gasteiger partial charge < -0.3 is 4.74 Å². The second-order valence-corrected chi connectivity index (χ2v) is 3.58. The summed E-state index contributed by atoms with van der Waals surface area (Å²) in [5, 5.41) is 0. The second kappa shape index (κ2) is 5.15. The topological polar surface area (TPSA) is 26.3 Å². The minimum atomic E-state index is 0.817. The van der Waals surface area contributed by atoms with Gasteiger partial charge in [-0.3, -0.25) is 0 Å². The van der Waals surface area contributed by atoms with E-state index in [0.29, 0.717) is 0 Å². The third kappa shape index (κ3) is 2.44. The van der Waals surface area contributed by atoms with Crippen LogP contribution in [-0.2, 0) is 4.79 Å². The van der Waals surface area contributed by atoms with Crippen molar-refractivity contribution in [3.63, 3.8) is 0 Å². The summed E-state index contributed by atoms with van der Waals surface area (Å²) in [6.45, 7) is 0. The zero-order valence-electron chi connectivity index (χ0n) is 9.51. The van der Waals surface area contributed by atoms with Crippen LogP contribution in [0.4, 0.5) is 0 Å². The number of hydrogen-bond acceptors (Lipinski definition) is 2. The second-order valence-electron chi connectivity index (χ2n) is 3.58. The quantitative estimate of drug-likeness (QED) is 0.748. The highest BCUT2D eigenvalue weighted by Gasteiger charge is 2.02. The van der Waals surface area contributed by atoms with Crippen LogP contribution in [-0.4, -0.2) is 13.1 Å². The zero-order valence-corrected chi connectivity index (χ0v) is 9.51. The lowest BCUT2D eigenvalue weighted by atomic mass is 10.00. The minimum absolute atomic E-state index is 0.817. The summed E-state index contributed by atoms with van der Waals surface area (Å²) in [7, 11) is 1.64. The van der Waals surface area contributed by atoms with Crippen LogP contribution in [0.15, 0.2) is 48.5 Å². The van der Waals surface area contributed by atoms with Crippen LogP contribution in [0.2, 0.25) is 0 Å². The molecule has 0 aromatic heterocycles. The van der Waals surface area contributed by atoms with E-state index in [1.54, 1.807) is 7.11 Å². The van der Waals surface area contributed by atoms with Gasteiger partial charge in [0, 0.05) is 6.08 Å². The fourth-order valence-corrected chi connectivity index (χ4v) is 1.72. The summed E-state index contributed by atoms with van der Waals surface area (Å²) < 4.78 is 5.11. The summed E-state index contributed by atoms with van der Waals surface area (Å²) in [5.41, 5.74) is 2.93. The van der Waals surface area contributed by atoms with E-state index in [1.165, 1.54) is 6.08 Å². The van der Waals surface area contributed by atoms with Crippen LogP contribution < -0.4 is 4.74 Å². The van der Waals surface area contributed by atoms with Crippen molar-refractivity contribution < 1.29 is 9.53 Å². The fraction of sp³-hybridized carbons (Fsp3) is 0.0667. The Kier molecular flexibility index (Phi) is 3.39. The largest absolute Gasteiger partial charge is 0.497 e. The zero-order chi connectivity index (χ0) is 12.1. The van der Waals surface area contributed by atoms with E-state index >= 15 is 0 Å². The third-order valence-electron chi connectivity index (χ3n) is 2.58. The molecule has 0 amide bonds. The molecule has 17 heavy (non-hydrogen) atoms. The van der Waals surface area contributed by atoms with Crippen LogP contribution in [0, 0.1) is 0 Å². The molecule has 84 valence electrons. The number of hydrogen-bond donors (Lipinski definition) is 0. The molecule has 0 aliphatic heterocycles. The Bertz CT molecular complexity index is 549. The van der Waals surface area contributed by atoms with Crippen molar-refractivity contribution in [1.82, 2.24) is 0 Å². The molecule has 0 radical (unpaired) electrons. The van der Waals surface area contributed by atoms with E-state index in [0.717, 1.165) is 22.4 Å². The molecule has 0 aliphatic carbocycles. The van der Waals surface area contributed by atoms with Crippen LogP contribution in [0.25, 0.3) is 17.2 Å². The molecule has 2 nitrogen and oxygen atoms in total. The molecular weight excluding hydrogens is 212 g/mol. The average molecular weight is 224 g/mol. The maximum atomic E-state index is 10.5. The Hall–Kier alpha value is -2.31. The van der Waals surface area contributed by atoms with E-state index in [2.05, 4.69) is 0 Å². The summed E-state index contributed by atoms with van der Waals surface area (Å²) in [4.78, 5) is 10.5. The van der Waals surface area contributed by atoms with Crippen LogP contribution in [0.3, 0.4) is 0 Å². The predicted molar refractivity (Wildman–Crippen MR) is 68.6 cm³/mol. The van der Waals surface area contributed by atoms with Gasteiger partial charge >= 0.3 is 0 Å². The van der Waals surface area contributed by atoms with Crippen LogP contribution in [0.5, 0.6) is 5.75 Å². The average Bonchev–Trinajstić information content (AvgIpc) is 2.40. The molecule has 2 rings (SSSR count). The highest BCUT2D eigenvalue weighted by molar-refractivity contribution is 5.84. The molecule has 0 unspecified atom stereocenters. The predicted octanol–water partition coefficient (Wildman–Crippen LogP) is 3.21. The van der Waals surface area contributed by atoms with Gasteiger partial charge in [0.1, 0.15) is 11.7 Å². The van der Waals surface area contributed by atoms with Gasteiger partial charge in [-0.15, -0.1) is 0 Å². The van der Waals surface area contributed by atoms with Crippen molar-refractivity contribution in [1.29, 1.82) is 0 Å². The van der Waals surface area contributed by atoms with E-state index in [9.17, 15) is 4.79 Å². The van der Waals surface area contributed by atoms with Gasteiger partial charge in [0.15, 0.2) is 0 Å². The molecule has 2 aromatic carbocycles. The number of ether oxygens (including phenoxy) is 1. The minimum Gasteiger partial charge on any atom is -0.497 e. The van der Waals surface area contributed by atoms with Crippen molar-refractivity contribution in [2.75, 3.05) is 7.11 Å². The summed E-state index contributed by atoms with van der Waals surface area (Å²) in [6.07, 6.45) is 1.44. The molecule has 0 bridgehead atoms. The van der Waals surface area contributed by atoms with Crippen molar-refractivity contribution in [3.05, 3.63) is 54.1 Å². The monoisotopic (exact) mass is 224 g/mol. The third-order valence-corrected chi connectivity index (χ3v) is 2.58. The Balaban J connectivity index is 2.48. The van der Waals surface area contributed by atoms with Gasteiger partial charge in [0.05, 0.1) is 7.11 Å². The lowest BCUT2D eigenvalue weighted by Gasteiger charge is -2.06. The molecule has 0 spiro atoms. The molecule has 0 heterocycles. The number of benzene rings is 2. The smallest absolute Gasteiger partial charge is 0.125 e. The van der Waals surface area contributed by atoms with Crippen molar-refractivity contribution in [3.8, 4) is 16.9 Å². The highest BCUT2D eigenvalue weighted by atomic mass is 16.5. The van der Waals surface area contributed by atoms with Gasteiger partial charge in [-0.2, -0.15) is 0 Å². The molecule has 0 aliphatic rings. The van der Waals surface area contributed by atoms with Gasteiger partial charge in [-0.05, 0) is 28.8 Å². The molecular formula is C15H12O2. The van der Waals surface area contributed by atoms with Gasteiger partial charge in [0.2, 0.25) is 0 Å². The van der Waals surface area contributed by atoms with Crippen LogP contribution >= 0.6 is 0 Å². The van der Waals surface area contributed by atoms with E-state index in [-0.39, 0.29) is 0 Å². The molecule has 0 N–H and O–H groups in total. The maximum absolute atomic E-state index is 10.5. The first kappa shape index (κ1) is 11.2. The number of methoxy groups -OCH3 is 1. The lowest BCUT2D eigenvalue weighted by molar-refractivity contribution is 0.415. The van der Waals surface area contributed by atoms with Crippen LogP contribution in [0.1, 0.15) is 5.56 Å². The van der Waals surface area contributed by atoms with Gasteiger partial charge in [-0.1, -0.05) is 36.4 Å². The highest BCUT2D eigenvalue weighted by Crippen LogP contribution is 2.26. The Morgan fingerprint density at radius 2 is 1.76 bits per heavy atom. The number of rotatable bonds is 3. The summed E-state index contributed by atoms with van der Waals surface area (Å²) >= 11 is 0. The molecule has 0 saturated carbocycles.